The van der Waals surface area contributed by atoms with Crippen molar-refractivity contribution in [3.63, 3.8) is 0 Å². The zero-order valence-electron chi connectivity index (χ0n) is 18.6. The number of ether oxygens (including phenoxy) is 1. The van der Waals surface area contributed by atoms with E-state index in [1.807, 2.05) is 0 Å². The minimum absolute atomic E-state index is 0.0399. The molecule has 0 saturated carbocycles. The second-order valence-corrected chi connectivity index (χ2v) is 7.65. The maximum absolute atomic E-state index is 13.1. The molecule has 35 heavy (non-hydrogen) atoms. The number of nitrogen functional groups attached to an aromatic ring is 1. The first kappa shape index (κ1) is 23.4. The van der Waals surface area contributed by atoms with E-state index in [4.69, 9.17) is 14.9 Å². The summed E-state index contributed by atoms with van der Waals surface area (Å²) < 4.78 is 25.4. The number of furan rings is 1. The second kappa shape index (κ2) is 9.64. The van der Waals surface area contributed by atoms with Crippen LogP contribution in [0.25, 0.3) is 11.3 Å². The lowest BCUT2D eigenvalue weighted by Gasteiger charge is -2.14. The molecule has 0 bridgehead atoms. The molecule has 178 valence electrons. The van der Waals surface area contributed by atoms with Gasteiger partial charge in [0.25, 0.3) is 5.56 Å². The number of esters is 1. The van der Waals surface area contributed by atoms with Crippen LogP contribution in [-0.4, -0.2) is 27.5 Å². The maximum atomic E-state index is 13.1. The van der Waals surface area contributed by atoms with Crippen LogP contribution in [0.15, 0.2) is 80.7 Å². The normalized spacial score (nSPS) is 10.8. The largest absolute Gasteiger partial charge is 0.451 e. The first-order valence-electron chi connectivity index (χ1n) is 10.5. The van der Waals surface area contributed by atoms with Gasteiger partial charge in [-0.05, 0) is 42.0 Å². The average Bonchev–Trinajstić information content (AvgIpc) is 3.35. The lowest BCUT2D eigenvalue weighted by molar-refractivity contribution is 0.0444. The molecule has 4 rings (SSSR count). The predicted molar refractivity (Wildman–Crippen MR) is 125 cm³/mol. The first-order chi connectivity index (χ1) is 16.8. The van der Waals surface area contributed by atoms with Gasteiger partial charge in [-0.2, -0.15) is 0 Å². The van der Waals surface area contributed by atoms with Crippen LogP contribution in [0.5, 0.6) is 0 Å². The van der Waals surface area contributed by atoms with Crippen LogP contribution < -0.4 is 17.0 Å². The van der Waals surface area contributed by atoms with Crippen LogP contribution in [0.2, 0.25) is 0 Å². The van der Waals surface area contributed by atoms with Crippen LogP contribution in [0.3, 0.4) is 0 Å². The number of hydrogen-bond donors (Lipinski definition) is 1. The third-order valence-corrected chi connectivity index (χ3v) is 5.32. The summed E-state index contributed by atoms with van der Waals surface area (Å²) in [4.78, 5) is 50.4. The van der Waals surface area contributed by atoms with Crippen molar-refractivity contribution in [2.75, 3.05) is 12.3 Å². The number of carbonyl (C=O) groups excluding carboxylic acids is 2. The zero-order valence-corrected chi connectivity index (χ0v) is 18.6. The topological polar surface area (TPSA) is 127 Å². The molecule has 0 aliphatic rings. The smallest absolute Gasteiger partial charge is 0.374 e. The average molecular weight is 477 g/mol. The number of halogens is 1. The fourth-order valence-electron chi connectivity index (χ4n) is 3.46. The SMILES string of the molecule is Cn1c(=O)c(C(=O)COC(=O)c2ccc(-c3ccc(F)cc3)o2)c(N)n(Cc2ccccc2)c1=O. The summed E-state index contributed by atoms with van der Waals surface area (Å²) in [5.74, 6) is -2.44. The molecule has 4 aromatic rings. The van der Waals surface area contributed by atoms with E-state index in [0.29, 0.717) is 11.3 Å². The Morgan fingerprint density at radius 2 is 1.69 bits per heavy atom. The lowest BCUT2D eigenvalue weighted by atomic mass is 10.2. The quantitative estimate of drug-likeness (QED) is 0.320. The third kappa shape index (κ3) is 4.81. The van der Waals surface area contributed by atoms with E-state index in [9.17, 15) is 23.6 Å². The van der Waals surface area contributed by atoms with Gasteiger partial charge < -0.3 is 14.9 Å². The summed E-state index contributed by atoms with van der Waals surface area (Å²) in [7, 11) is 1.23. The zero-order chi connectivity index (χ0) is 25.1. The van der Waals surface area contributed by atoms with Crippen molar-refractivity contribution in [2.45, 2.75) is 6.54 Å². The molecule has 2 N–H and O–H groups in total. The van der Waals surface area contributed by atoms with Gasteiger partial charge in [0.1, 0.15) is 23.0 Å². The molecular weight excluding hydrogens is 457 g/mol. The van der Waals surface area contributed by atoms with Gasteiger partial charge in [0.2, 0.25) is 11.5 Å². The highest BCUT2D eigenvalue weighted by Gasteiger charge is 2.24. The van der Waals surface area contributed by atoms with Gasteiger partial charge in [0, 0.05) is 12.6 Å². The molecule has 0 aliphatic carbocycles. The molecule has 0 spiro atoms. The third-order valence-electron chi connectivity index (χ3n) is 5.32. The van der Waals surface area contributed by atoms with Gasteiger partial charge in [-0.1, -0.05) is 30.3 Å². The number of Topliss-reactive ketones (excluding diaryl/α,β-unsaturated/α-hetero) is 1. The van der Waals surface area contributed by atoms with Crippen LogP contribution in [0.1, 0.15) is 26.5 Å². The fourth-order valence-corrected chi connectivity index (χ4v) is 3.46. The van der Waals surface area contributed by atoms with E-state index in [2.05, 4.69) is 0 Å². The van der Waals surface area contributed by atoms with Gasteiger partial charge in [-0.15, -0.1) is 0 Å². The summed E-state index contributed by atoms with van der Waals surface area (Å²) in [6.07, 6.45) is 0. The molecule has 0 amide bonds. The standard InChI is InChI=1S/C25H20FN3O6/c1-28-23(31)21(22(27)29(25(28)33)13-15-5-3-2-4-6-15)18(30)14-34-24(32)20-12-11-19(35-20)16-7-9-17(26)10-8-16/h2-12H,13-14,27H2,1H3. The van der Waals surface area contributed by atoms with E-state index in [1.54, 1.807) is 30.3 Å². The van der Waals surface area contributed by atoms with Gasteiger partial charge in [0.15, 0.2) is 6.61 Å². The van der Waals surface area contributed by atoms with E-state index in [0.717, 1.165) is 14.7 Å². The van der Waals surface area contributed by atoms with Crippen molar-refractivity contribution in [3.05, 3.63) is 110 Å². The van der Waals surface area contributed by atoms with Crippen molar-refractivity contribution in [2.24, 2.45) is 7.05 Å². The molecule has 0 fully saturated rings. The second-order valence-electron chi connectivity index (χ2n) is 7.65. The number of nitrogens with two attached hydrogens (primary N) is 1. The van der Waals surface area contributed by atoms with E-state index in [-0.39, 0.29) is 18.1 Å². The van der Waals surface area contributed by atoms with Crippen LogP contribution in [0, 0.1) is 5.82 Å². The summed E-state index contributed by atoms with van der Waals surface area (Å²) >= 11 is 0. The maximum Gasteiger partial charge on any atom is 0.374 e. The van der Waals surface area contributed by atoms with Crippen LogP contribution in [0.4, 0.5) is 10.2 Å². The van der Waals surface area contributed by atoms with Crippen molar-refractivity contribution < 1.29 is 23.1 Å². The van der Waals surface area contributed by atoms with E-state index >= 15 is 0 Å². The number of ketones is 1. The van der Waals surface area contributed by atoms with Gasteiger partial charge in [0.05, 0.1) is 6.54 Å². The molecule has 10 heteroatoms. The van der Waals surface area contributed by atoms with Crippen molar-refractivity contribution in [1.82, 2.24) is 9.13 Å². The fraction of sp³-hybridized carbons (Fsp3) is 0.120. The molecule has 2 aromatic heterocycles. The van der Waals surface area contributed by atoms with Gasteiger partial charge in [-0.3, -0.25) is 18.7 Å². The summed E-state index contributed by atoms with van der Waals surface area (Å²) in [6.45, 7) is -0.757. The summed E-state index contributed by atoms with van der Waals surface area (Å²) in [6, 6.07) is 17.2. The van der Waals surface area contributed by atoms with E-state index in [1.165, 1.54) is 43.4 Å². The number of aromatic nitrogens is 2. The van der Waals surface area contributed by atoms with Crippen molar-refractivity contribution in [3.8, 4) is 11.3 Å². The Balaban J connectivity index is 1.53. The predicted octanol–water partition coefficient (Wildman–Crippen LogP) is 2.62. The number of carbonyl (C=O) groups is 2. The first-order valence-corrected chi connectivity index (χ1v) is 10.5. The lowest BCUT2D eigenvalue weighted by Crippen LogP contribution is -2.43. The van der Waals surface area contributed by atoms with Gasteiger partial charge in [-0.25, -0.2) is 14.0 Å². The van der Waals surface area contributed by atoms with Crippen molar-refractivity contribution in [1.29, 1.82) is 0 Å². The molecule has 2 heterocycles. The minimum Gasteiger partial charge on any atom is -0.451 e. The highest BCUT2D eigenvalue weighted by Crippen LogP contribution is 2.23. The number of anilines is 1. The number of hydrogen-bond acceptors (Lipinski definition) is 7. The number of rotatable bonds is 7. The van der Waals surface area contributed by atoms with Crippen molar-refractivity contribution >= 4 is 17.6 Å². The van der Waals surface area contributed by atoms with Crippen LogP contribution >= 0.6 is 0 Å². The molecule has 0 aliphatic heterocycles. The molecule has 0 atom stereocenters. The molecule has 0 radical (unpaired) electrons. The molecule has 2 aromatic carbocycles. The highest BCUT2D eigenvalue weighted by molar-refractivity contribution is 6.02. The van der Waals surface area contributed by atoms with Gasteiger partial charge >= 0.3 is 11.7 Å². The highest BCUT2D eigenvalue weighted by atomic mass is 19.1. The molecular formula is C25H20FN3O6. The Hall–Kier alpha value is -4.73. The Bertz CT molecular complexity index is 1520. The Kier molecular flexibility index (Phi) is 6.45. The summed E-state index contributed by atoms with van der Waals surface area (Å²) in [5, 5.41) is 0. The molecule has 9 nitrogen and oxygen atoms in total. The van der Waals surface area contributed by atoms with Crippen LogP contribution in [-0.2, 0) is 18.3 Å². The summed E-state index contributed by atoms with van der Waals surface area (Å²) in [5.41, 5.74) is 5.28. The molecule has 0 unspecified atom stereocenters. The Morgan fingerprint density at radius 3 is 2.37 bits per heavy atom. The Morgan fingerprint density at radius 1 is 1.00 bits per heavy atom. The molecule has 0 saturated heterocycles. The monoisotopic (exact) mass is 477 g/mol. The number of nitrogens with zero attached hydrogens (tertiary/aromatic N) is 2. The number of benzene rings is 2. The Labute approximate surface area is 197 Å². The van der Waals surface area contributed by atoms with E-state index < -0.39 is 41.0 Å². The minimum atomic E-state index is -0.945.